The van der Waals surface area contributed by atoms with Gasteiger partial charge in [0.2, 0.25) is 0 Å². The molecule has 1 aliphatic carbocycles. The number of carbonyl (C=O) groups is 3. The van der Waals surface area contributed by atoms with Gasteiger partial charge in [0.05, 0.1) is 43.0 Å². The lowest BCUT2D eigenvalue weighted by Gasteiger charge is -2.51. The van der Waals surface area contributed by atoms with Crippen LogP contribution in [0.4, 0.5) is 14.4 Å². The largest absolute Gasteiger partial charge is 0.445 e. The van der Waals surface area contributed by atoms with E-state index in [1.807, 2.05) is 36.4 Å². The monoisotopic (exact) mass is 817 g/mol. The molecule has 10 N–H and O–H groups in total. The van der Waals surface area contributed by atoms with Gasteiger partial charge >= 0.3 is 18.3 Å². The first-order chi connectivity index (χ1) is 27.9. The van der Waals surface area contributed by atoms with Crippen LogP contribution in [0.5, 0.6) is 0 Å². The van der Waals surface area contributed by atoms with Crippen LogP contribution in [0.15, 0.2) is 60.7 Å². The van der Waals surface area contributed by atoms with Gasteiger partial charge in [-0.2, -0.15) is 0 Å². The summed E-state index contributed by atoms with van der Waals surface area (Å²) in [7, 11) is 1.46. The van der Waals surface area contributed by atoms with Gasteiger partial charge in [-0.25, -0.2) is 14.4 Å². The number of hydrogen-bond donors (Lipinski definition) is 8. The Kier molecular flexibility index (Phi) is 13.3. The topological polar surface area (TPSA) is 285 Å². The lowest BCUT2D eigenvalue weighted by Crippen LogP contribution is -2.69. The molecule has 0 spiro atoms. The SMILES string of the molecule is CN1C(=O)OC2C3O[C@H](O[C@H]4C[C@H](O)[C@H](NC(=O)OCc5ccccc5)CC4N)[C@@H](NC(=O)OCc4ccccc4)C[C@@H]3OC(O[C@H]3OC(CO)[C@@H](N)[C@H](O)C3O)C21. The van der Waals surface area contributed by atoms with Crippen molar-refractivity contribution in [3.8, 4) is 0 Å². The van der Waals surface area contributed by atoms with Gasteiger partial charge in [-0.05, 0) is 17.5 Å². The smallest absolute Gasteiger partial charge is 0.410 e. The third kappa shape index (κ3) is 9.32. The molecular weight excluding hydrogens is 766 g/mol. The van der Waals surface area contributed by atoms with E-state index in [1.165, 1.54) is 11.9 Å². The lowest BCUT2D eigenvalue weighted by atomic mass is 9.86. The van der Waals surface area contributed by atoms with E-state index in [-0.39, 0.29) is 32.5 Å². The Morgan fingerprint density at radius 1 is 0.776 bits per heavy atom. The van der Waals surface area contributed by atoms with E-state index >= 15 is 0 Å². The van der Waals surface area contributed by atoms with Crippen molar-refractivity contribution in [3.05, 3.63) is 71.8 Å². The summed E-state index contributed by atoms with van der Waals surface area (Å²) in [6.45, 7) is -0.567. The molecule has 16 atom stereocenters. The Labute approximate surface area is 333 Å². The summed E-state index contributed by atoms with van der Waals surface area (Å²) in [6, 6.07) is 13.7. The van der Waals surface area contributed by atoms with Gasteiger partial charge in [-0.15, -0.1) is 0 Å². The lowest BCUT2D eigenvalue weighted by molar-refractivity contribution is -0.371. The van der Waals surface area contributed by atoms with Crippen molar-refractivity contribution in [1.29, 1.82) is 0 Å². The van der Waals surface area contributed by atoms with Gasteiger partial charge in [0.25, 0.3) is 0 Å². The third-order valence-corrected chi connectivity index (χ3v) is 11.2. The highest BCUT2D eigenvalue weighted by atomic mass is 16.8. The van der Waals surface area contributed by atoms with Crippen LogP contribution in [0.25, 0.3) is 0 Å². The van der Waals surface area contributed by atoms with Crippen LogP contribution in [0, 0.1) is 0 Å². The van der Waals surface area contributed by atoms with E-state index in [0.29, 0.717) is 0 Å². The van der Waals surface area contributed by atoms with E-state index in [9.17, 15) is 34.8 Å². The molecule has 318 valence electrons. The highest BCUT2D eigenvalue weighted by Gasteiger charge is 2.61. The first kappa shape index (κ1) is 42.0. The minimum Gasteiger partial charge on any atom is -0.445 e. The molecule has 58 heavy (non-hydrogen) atoms. The number of nitrogens with zero attached hydrogens (tertiary/aromatic N) is 1. The standard InChI is InChI=1S/C38H51N5O15/c1-43-28-32(57-38(43)50)31-25(54-34(28)58-35-30(47)29(46)27(40)26(15-44)55-35)13-22(42-37(49)52-17-19-10-6-3-7-11-19)33(56-31)53-24-14-23(45)21(12-20(24)39)41-36(48)51-16-18-8-4-2-5-9-18/h2-11,20-35,44-47H,12-17,39-40H2,1H3,(H,41,48)(H,42,49)/t20?,21-,22+,23+,24+,25+,26?,27-,28?,29+,30?,31?,32?,33+,34?,35-/m1/s1. The number of hydrogen-bond acceptors (Lipinski definition) is 17. The Morgan fingerprint density at radius 2 is 1.40 bits per heavy atom. The summed E-state index contributed by atoms with van der Waals surface area (Å²) in [4.78, 5) is 40.1. The summed E-state index contributed by atoms with van der Waals surface area (Å²) < 4.78 is 47.6. The minimum absolute atomic E-state index is 0.00288. The number of carbonyl (C=O) groups excluding carboxylic acids is 3. The second-order valence-electron chi connectivity index (χ2n) is 15.1. The number of nitrogens with two attached hydrogens (primary N) is 2. The average Bonchev–Trinajstić information content (AvgIpc) is 3.52. The minimum atomic E-state index is -1.64. The number of aliphatic hydroxyl groups is 4. The van der Waals surface area contributed by atoms with Gasteiger partial charge in [-0.1, -0.05) is 60.7 Å². The van der Waals surface area contributed by atoms with E-state index < -0.39 is 123 Å². The number of aliphatic hydroxyl groups excluding tert-OH is 4. The number of amides is 3. The first-order valence-electron chi connectivity index (χ1n) is 19.2. The van der Waals surface area contributed by atoms with E-state index in [0.717, 1.165) is 11.1 Å². The molecule has 0 aromatic heterocycles. The van der Waals surface area contributed by atoms with Crippen molar-refractivity contribution in [2.45, 2.75) is 130 Å². The number of benzene rings is 2. The average molecular weight is 818 g/mol. The van der Waals surface area contributed by atoms with Crippen LogP contribution in [-0.4, -0.2) is 155 Å². The van der Waals surface area contributed by atoms with Gasteiger partial charge in [0, 0.05) is 25.9 Å². The Balaban J connectivity index is 1.05. The van der Waals surface area contributed by atoms with Crippen LogP contribution >= 0.6 is 0 Å². The summed E-state index contributed by atoms with van der Waals surface area (Å²) in [5.41, 5.74) is 14.0. The summed E-state index contributed by atoms with van der Waals surface area (Å²) in [5.74, 6) is 0. The van der Waals surface area contributed by atoms with Crippen LogP contribution in [-0.2, 0) is 51.1 Å². The fourth-order valence-corrected chi connectivity index (χ4v) is 7.94. The molecule has 1 saturated carbocycles. The summed E-state index contributed by atoms with van der Waals surface area (Å²) in [5, 5.41) is 47.7. The highest BCUT2D eigenvalue weighted by Crippen LogP contribution is 2.41. The molecule has 20 heteroatoms. The maximum absolute atomic E-state index is 13.2. The molecule has 5 fully saturated rings. The van der Waals surface area contributed by atoms with Crippen molar-refractivity contribution in [2.75, 3.05) is 13.7 Å². The van der Waals surface area contributed by atoms with Crippen molar-refractivity contribution in [2.24, 2.45) is 11.5 Å². The highest BCUT2D eigenvalue weighted by molar-refractivity contribution is 5.71. The Bertz CT molecular complexity index is 1700. The maximum atomic E-state index is 13.2. The zero-order chi connectivity index (χ0) is 41.1. The second-order valence-corrected chi connectivity index (χ2v) is 15.1. The van der Waals surface area contributed by atoms with Gasteiger partial charge in [0.1, 0.15) is 43.7 Å². The fourth-order valence-electron chi connectivity index (χ4n) is 7.94. The van der Waals surface area contributed by atoms with Crippen LogP contribution < -0.4 is 22.1 Å². The van der Waals surface area contributed by atoms with Gasteiger partial charge in [-0.3, -0.25) is 4.90 Å². The predicted octanol–water partition coefficient (Wildman–Crippen LogP) is -1.11. The van der Waals surface area contributed by atoms with E-state index in [4.69, 9.17) is 49.4 Å². The van der Waals surface area contributed by atoms with Crippen LogP contribution in [0.2, 0.25) is 0 Å². The molecule has 4 heterocycles. The molecule has 0 bridgehead atoms. The van der Waals surface area contributed by atoms with Gasteiger partial charge in [0.15, 0.2) is 25.0 Å². The van der Waals surface area contributed by atoms with Crippen molar-refractivity contribution in [1.82, 2.24) is 15.5 Å². The molecule has 3 amide bonds. The molecular formula is C38H51N5O15. The van der Waals surface area contributed by atoms with Crippen LogP contribution in [0.1, 0.15) is 30.4 Å². The molecule has 5 aliphatic rings. The number of fused-ring (bicyclic) bond motifs is 3. The number of ether oxygens (including phenoxy) is 8. The van der Waals surface area contributed by atoms with Crippen molar-refractivity contribution >= 4 is 18.3 Å². The quantitative estimate of drug-likeness (QED) is 0.125. The number of likely N-dealkylation sites (N-methyl/N-ethyl adjacent to an activating group) is 1. The molecule has 4 saturated heterocycles. The van der Waals surface area contributed by atoms with Crippen molar-refractivity contribution < 1.29 is 72.7 Å². The molecule has 2 aromatic carbocycles. The summed E-state index contributed by atoms with van der Waals surface area (Å²) in [6.07, 6.45) is -15.3. The van der Waals surface area contributed by atoms with Crippen molar-refractivity contribution in [3.63, 3.8) is 0 Å². The second kappa shape index (κ2) is 18.4. The molecule has 4 aliphatic heterocycles. The Hall–Kier alpha value is -4.19. The summed E-state index contributed by atoms with van der Waals surface area (Å²) >= 11 is 0. The zero-order valence-electron chi connectivity index (χ0n) is 31.6. The number of rotatable bonds is 11. The number of alkyl carbamates (subject to hydrolysis) is 2. The fraction of sp³-hybridized carbons (Fsp3) is 0.605. The number of nitrogens with one attached hydrogen (secondary N) is 2. The predicted molar refractivity (Wildman–Crippen MR) is 196 cm³/mol. The molecule has 20 nitrogen and oxygen atoms in total. The molecule has 7 rings (SSSR count). The molecule has 2 aromatic rings. The normalized spacial score (nSPS) is 38.5. The first-order valence-corrected chi connectivity index (χ1v) is 19.2. The maximum Gasteiger partial charge on any atom is 0.410 e. The third-order valence-electron chi connectivity index (χ3n) is 11.2. The van der Waals surface area contributed by atoms with Gasteiger partial charge < -0.3 is 80.4 Å². The zero-order valence-corrected chi connectivity index (χ0v) is 31.6. The van der Waals surface area contributed by atoms with E-state index in [2.05, 4.69) is 10.6 Å². The Morgan fingerprint density at radius 3 is 2.02 bits per heavy atom. The van der Waals surface area contributed by atoms with E-state index in [1.54, 1.807) is 24.3 Å². The molecule has 0 radical (unpaired) electrons. The van der Waals surface area contributed by atoms with Crippen LogP contribution in [0.3, 0.4) is 0 Å². The molecule has 7 unspecified atom stereocenters.